The molecule has 0 spiro atoms. The largest absolute Gasteiger partial charge is 0.355 e. The van der Waals surface area contributed by atoms with E-state index in [4.69, 9.17) is 4.52 Å². The van der Waals surface area contributed by atoms with E-state index in [1.807, 2.05) is 30.3 Å². The molecule has 0 bridgehead atoms. The third-order valence-corrected chi connectivity index (χ3v) is 8.25. The number of nitrogens with zero attached hydrogens (tertiary/aromatic N) is 3. The summed E-state index contributed by atoms with van der Waals surface area (Å²) in [5.74, 6) is -0.598. The minimum absolute atomic E-state index is 0.0144. The number of aryl methyl sites for hydroxylation is 1. The summed E-state index contributed by atoms with van der Waals surface area (Å²) in [5, 5.41) is 3.83. The highest BCUT2D eigenvalue weighted by molar-refractivity contribution is 7.89. The van der Waals surface area contributed by atoms with Crippen molar-refractivity contribution in [1.29, 1.82) is 0 Å². The van der Waals surface area contributed by atoms with Gasteiger partial charge in [0.25, 0.3) is 0 Å². The average molecular weight is 498 g/mol. The second kappa shape index (κ2) is 10.5. The van der Waals surface area contributed by atoms with Gasteiger partial charge in [-0.3, -0.25) is 4.79 Å². The molecule has 0 radical (unpaired) electrons. The van der Waals surface area contributed by atoms with Crippen molar-refractivity contribution in [2.24, 2.45) is 5.92 Å². The van der Waals surface area contributed by atoms with Gasteiger partial charge in [0.2, 0.25) is 15.9 Å². The average Bonchev–Trinajstić information content (AvgIpc) is 3.24. The van der Waals surface area contributed by atoms with Crippen LogP contribution in [-0.4, -0.2) is 48.8 Å². The van der Waals surface area contributed by atoms with Gasteiger partial charge in [0.05, 0.1) is 0 Å². The first-order valence-electron chi connectivity index (χ1n) is 11.5. The molecule has 1 fully saturated rings. The van der Waals surface area contributed by atoms with E-state index in [0.29, 0.717) is 24.9 Å². The Morgan fingerprint density at radius 2 is 1.77 bits per heavy atom. The minimum Gasteiger partial charge on any atom is -0.355 e. The van der Waals surface area contributed by atoms with Crippen LogP contribution in [0, 0.1) is 18.7 Å². The van der Waals surface area contributed by atoms with Crippen molar-refractivity contribution in [3.05, 3.63) is 83.0 Å². The Bertz CT molecular complexity index is 1310. The normalized spacial score (nSPS) is 15.5. The molecule has 2 aromatic carbocycles. The van der Waals surface area contributed by atoms with Gasteiger partial charge in [0.15, 0.2) is 10.7 Å². The molecule has 3 aromatic rings. The molecule has 7 nitrogen and oxygen atoms in total. The first-order valence-corrected chi connectivity index (χ1v) is 12.9. The second-order valence-corrected chi connectivity index (χ2v) is 10.5. The zero-order valence-corrected chi connectivity index (χ0v) is 20.5. The Balaban J connectivity index is 1.44. The van der Waals surface area contributed by atoms with Gasteiger partial charge in [0, 0.05) is 38.2 Å². The van der Waals surface area contributed by atoms with E-state index in [2.05, 4.69) is 5.16 Å². The minimum atomic E-state index is -3.91. The second-order valence-electron chi connectivity index (χ2n) is 8.67. The number of hydrogen-bond donors (Lipinski definition) is 0. The molecule has 1 saturated heterocycles. The standard InChI is InChI=1S/C26H28FN3O4S/c1-19-25(24(34-28-19)13-12-21-10-6-7-11-23(21)27)35(32,33)30-16-14-22(15-17-30)26(31)29(2)18-20-8-4-3-5-9-20/h3-13,22H,14-18H2,1-2H3/b13-12+. The molecule has 184 valence electrons. The van der Waals surface area contributed by atoms with Crippen molar-refractivity contribution in [3.8, 4) is 0 Å². The number of hydrogen-bond acceptors (Lipinski definition) is 5. The Kier molecular flexibility index (Phi) is 7.47. The molecule has 4 rings (SSSR count). The van der Waals surface area contributed by atoms with E-state index in [0.717, 1.165) is 5.56 Å². The van der Waals surface area contributed by atoms with Crippen molar-refractivity contribution in [3.63, 3.8) is 0 Å². The zero-order chi connectivity index (χ0) is 25.0. The van der Waals surface area contributed by atoms with Crippen LogP contribution in [-0.2, 0) is 21.4 Å². The molecule has 0 saturated carbocycles. The highest BCUT2D eigenvalue weighted by Crippen LogP contribution is 2.30. The lowest BCUT2D eigenvalue weighted by atomic mass is 9.96. The number of halogens is 1. The summed E-state index contributed by atoms with van der Waals surface area (Å²) in [5.41, 5.74) is 1.59. The van der Waals surface area contributed by atoms with E-state index in [-0.39, 0.29) is 41.3 Å². The van der Waals surface area contributed by atoms with Crippen LogP contribution in [0.2, 0.25) is 0 Å². The first-order chi connectivity index (χ1) is 16.8. The van der Waals surface area contributed by atoms with Crippen LogP contribution in [0.4, 0.5) is 4.39 Å². The highest BCUT2D eigenvalue weighted by Gasteiger charge is 2.36. The van der Waals surface area contributed by atoms with Gasteiger partial charge < -0.3 is 9.42 Å². The highest BCUT2D eigenvalue weighted by atomic mass is 32.2. The number of piperidine rings is 1. The molecule has 0 aliphatic carbocycles. The van der Waals surface area contributed by atoms with Gasteiger partial charge in [-0.05, 0) is 43.5 Å². The molecule has 9 heteroatoms. The third-order valence-electron chi connectivity index (χ3n) is 6.19. The molecule has 1 aliphatic rings. The van der Waals surface area contributed by atoms with E-state index in [1.54, 1.807) is 37.1 Å². The number of carbonyl (C=O) groups is 1. The van der Waals surface area contributed by atoms with Crippen LogP contribution in [0.3, 0.4) is 0 Å². The van der Waals surface area contributed by atoms with Gasteiger partial charge in [-0.1, -0.05) is 53.7 Å². The van der Waals surface area contributed by atoms with Gasteiger partial charge >= 0.3 is 0 Å². The van der Waals surface area contributed by atoms with Crippen LogP contribution in [0.5, 0.6) is 0 Å². The smallest absolute Gasteiger partial charge is 0.248 e. The lowest BCUT2D eigenvalue weighted by Gasteiger charge is -2.32. The lowest BCUT2D eigenvalue weighted by molar-refractivity contribution is -0.135. The Hall–Kier alpha value is -3.30. The summed E-state index contributed by atoms with van der Waals surface area (Å²) in [7, 11) is -2.13. The maximum Gasteiger partial charge on any atom is 0.248 e. The summed E-state index contributed by atoms with van der Waals surface area (Å²) in [4.78, 5) is 14.6. The number of sulfonamides is 1. The monoisotopic (exact) mass is 497 g/mol. The molecular formula is C26H28FN3O4S. The predicted octanol–water partition coefficient (Wildman–Crippen LogP) is 4.35. The molecule has 0 unspecified atom stereocenters. The lowest BCUT2D eigenvalue weighted by Crippen LogP contribution is -2.43. The van der Waals surface area contributed by atoms with Crippen molar-refractivity contribution >= 4 is 28.1 Å². The van der Waals surface area contributed by atoms with Crippen LogP contribution >= 0.6 is 0 Å². The first kappa shape index (κ1) is 24.8. The predicted molar refractivity (Wildman–Crippen MR) is 131 cm³/mol. The third kappa shape index (κ3) is 5.52. The Labute approximate surface area is 204 Å². The van der Waals surface area contributed by atoms with Crippen molar-refractivity contribution in [2.75, 3.05) is 20.1 Å². The molecular weight excluding hydrogens is 469 g/mol. The Morgan fingerprint density at radius 3 is 2.46 bits per heavy atom. The number of rotatable bonds is 7. The van der Waals surface area contributed by atoms with Gasteiger partial charge in [-0.25, -0.2) is 12.8 Å². The zero-order valence-electron chi connectivity index (χ0n) is 19.7. The van der Waals surface area contributed by atoms with E-state index in [9.17, 15) is 17.6 Å². The summed E-state index contributed by atoms with van der Waals surface area (Å²) in [6.07, 6.45) is 3.74. The van der Waals surface area contributed by atoms with E-state index >= 15 is 0 Å². The summed E-state index contributed by atoms with van der Waals surface area (Å²) < 4.78 is 47.5. The number of amides is 1. The van der Waals surface area contributed by atoms with E-state index < -0.39 is 15.8 Å². The molecule has 1 aliphatic heterocycles. The summed E-state index contributed by atoms with van der Waals surface area (Å²) in [6.45, 7) is 2.51. The molecule has 2 heterocycles. The fourth-order valence-corrected chi connectivity index (χ4v) is 6.01. The number of aromatic nitrogens is 1. The van der Waals surface area contributed by atoms with Crippen molar-refractivity contribution in [1.82, 2.24) is 14.4 Å². The summed E-state index contributed by atoms with van der Waals surface area (Å²) in [6, 6.07) is 15.9. The van der Waals surface area contributed by atoms with Crippen LogP contribution < -0.4 is 0 Å². The topological polar surface area (TPSA) is 83.7 Å². The Morgan fingerprint density at radius 1 is 1.11 bits per heavy atom. The summed E-state index contributed by atoms with van der Waals surface area (Å²) >= 11 is 0. The van der Waals surface area contributed by atoms with E-state index in [1.165, 1.54) is 22.5 Å². The van der Waals surface area contributed by atoms with Crippen LogP contribution in [0.1, 0.15) is 35.4 Å². The molecule has 0 atom stereocenters. The molecule has 35 heavy (non-hydrogen) atoms. The van der Waals surface area contributed by atoms with Crippen molar-refractivity contribution in [2.45, 2.75) is 31.2 Å². The van der Waals surface area contributed by atoms with Crippen LogP contribution in [0.15, 0.2) is 64.0 Å². The van der Waals surface area contributed by atoms with Gasteiger partial charge in [-0.2, -0.15) is 4.31 Å². The maximum absolute atomic E-state index is 13.9. The quantitative estimate of drug-likeness (QED) is 0.485. The van der Waals surface area contributed by atoms with Gasteiger partial charge in [-0.15, -0.1) is 0 Å². The fourth-order valence-electron chi connectivity index (χ4n) is 4.29. The van der Waals surface area contributed by atoms with Gasteiger partial charge in [0.1, 0.15) is 11.5 Å². The fraction of sp³-hybridized carbons (Fsp3) is 0.308. The van der Waals surface area contributed by atoms with Crippen molar-refractivity contribution < 1.29 is 22.1 Å². The molecule has 0 N–H and O–H groups in total. The maximum atomic E-state index is 13.9. The SMILES string of the molecule is Cc1noc(/C=C/c2ccccc2F)c1S(=O)(=O)N1CCC(C(=O)N(C)Cc2ccccc2)CC1. The number of carbonyl (C=O) groups excluding carboxylic acids is 1. The molecule has 1 amide bonds. The van der Waals surface area contributed by atoms with Crippen LogP contribution in [0.25, 0.3) is 12.2 Å². The number of benzene rings is 2. The molecule has 1 aromatic heterocycles.